The summed E-state index contributed by atoms with van der Waals surface area (Å²) in [6, 6.07) is 19.6. The van der Waals surface area contributed by atoms with Crippen molar-refractivity contribution < 1.29 is 0 Å². The van der Waals surface area contributed by atoms with Gasteiger partial charge in [-0.1, -0.05) is 70.0 Å². The van der Waals surface area contributed by atoms with Crippen molar-refractivity contribution in [2.45, 2.75) is 51.6 Å². The van der Waals surface area contributed by atoms with Crippen LogP contribution in [0.5, 0.6) is 0 Å². The van der Waals surface area contributed by atoms with Gasteiger partial charge in [-0.05, 0) is 36.4 Å². The Kier molecular flexibility index (Phi) is 5.90. The van der Waals surface area contributed by atoms with Crippen molar-refractivity contribution in [3.8, 4) is 0 Å². The highest BCUT2D eigenvalue weighted by molar-refractivity contribution is 7.73. The van der Waals surface area contributed by atoms with Crippen LogP contribution in [0.3, 0.4) is 0 Å². The van der Waals surface area contributed by atoms with E-state index in [0.717, 1.165) is 18.8 Å². The molecule has 0 aliphatic carbocycles. The van der Waals surface area contributed by atoms with E-state index in [4.69, 9.17) is 4.74 Å². The lowest BCUT2D eigenvalue weighted by Crippen LogP contribution is -2.37. The molecule has 3 nitrogen and oxygen atoms in total. The van der Waals surface area contributed by atoms with Crippen molar-refractivity contribution in [2.75, 3.05) is 13.1 Å². The van der Waals surface area contributed by atoms with Crippen LogP contribution in [0, 0.1) is 0 Å². The molecule has 1 aliphatic rings. The maximum atomic E-state index is 5.73. The molecule has 0 unspecified atom stereocenters. The van der Waals surface area contributed by atoms with E-state index >= 15 is 0 Å². The van der Waals surface area contributed by atoms with E-state index < -0.39 is 7.21 Å². The second-order valence-corrected chi connectivity index (χ2v) is 12.8. The quantitative estimate of drug-likeness (QED) is 0.440. The molecule has 1 aromatic heterocycles. The summed E-state index contributed by atoms with van der Waals surface area (Å²) in [6.45, 7) is 9.38. The van der Waals surface area contributed by atoms with Gasteiger partial charge < -0.3 is 0 Å². The van der Waals surface area contributed by atoms with E-state index in [1.54, 1.807) is 0 Å². The maximum Gasteiger partial charge on any atom is 0.0721 e. The van der Waals surface area contributed by atoms with Gasteiger partial charge in [0, 0.05) is 41.3 Å². The van der Waals surface area contributed by atoms with Crippen molar-refractivity contribution in [1.82, 2.24) is 9.65 Å². The Labute approximate surface area is 175 Å². The van der Waals surface area contributed by atoms with Crippen LogP contribution in [0.15, 0.2) is 71.7 Å². The third-order valence-corrected chi connectivity index (χ3v) is 10.6. The second-order valence-electron chi connectivity index (χ2n) is 8.94. The predicted octanol–water partition coefficient (Wildman–Crippen LogP) is 6.98. The Morgan fingerprint density at radius 3 is 2.17 bits per heavy atom. The van der Waals surface area contributed by atoms with Crippen LogP contribution < -0.4 is 5.30 Å². The average molecular weight is 406 g/mol. The van der Waals surface area contributed by atoms with Crippen LogP contribution in [-0.4, -0.2) is 27.9 Å². The summed E-state index contributed by atoms with van der Waals surface area (Å²) in [6.07, 6.45) is 9.04. The molecule has 0 saturated carbocycles. The monoisotopic (exact) mass is 405 g/mol. The molecule has 1 aliphatic heterocycles. The first-order chi connectivity index (χ1) is 14.0. The van der Waals surface area contributed by atoms with Crippen LogP contribution in [0.25, 0.3) is 10.8 Å². The minimum atomic E-state index is -2.04. The van der Waals surface area contributed by atoms with Gasteiger partial charge in [0.1, 0.15) is 0 Å². The molecule has 29 heavy (non-hydrogen) atoms. The molecule has 0 radical (unpaired) electrons. The molecule has 4 heteroatoms. The topological polar surface area (TPSA) is 28.5 Å². The lowest BCUT2D eigenvalue weighted by molar-refractivity contribution is 0.457. The largest absolute Gasteiger partial charge is 0.265 e. The molecular formula is C25H32N3P. The summed E-state index contributed by atoms with van der Waals surface area (Å²) >= 11 is 0. The lowest BCUT2D eigenvalue weighted by atomic mass is 10.1. The predicted molar refractivity (Wildman–Crippen MR) is 127 cm³/mol. The molecule has 0 amide bonds. The summed E-state index contributed by atoms with van der Waals surface area (Å²) in [5.41, 5.74) is 1.12. The van der Waals surface area contributed by atoms with Gasteiger partial charge in [0.15, 0.2) is 0 Å². The Hall–Kier alpha value is -1.96. The SMILES string of the molecule is CC(C)(C)[P@](=Nc1cccc2ccccc12)(c1ccncc1)N1CCCCCC1. The molecule has 1 atom stereocenters. The second kappa shape index (κ2) is 8.42. The summed E-state index contributed by atoms with van der Waals surface area (Å²) < 4.78 is 8.48. The molecule has 0 spiro atoms. The van der Waals surface area contributed by atoms with Crippen molar-refractivity contribution >= 4 is 29.0 Å². The molecule has 1 saturated heterocycles. The highest BCUT2D eigenvalue weighted by Crippen LogP contribution is 2.64. The number of hydrogen-bond acceptors (Lipinski definition) is 2. The summed E-state index contributed by atoms with van der Waals surface area (Å²) in [4.78, 5) is 4.32. The first-order valence-electron chi connectivity index (χ1n) is 10.8. The highest BCUT2D eigenvalue weighted by atomic mass is 31.2. The molecule has 4 rings (SSSR count). The van der Waals surface area contributed by atoms with E-state index in [1.807, 2.05) is 12.4 Å². The first-order valence-corrected chi connectivity index (χ1v) is 12.5. The third kappa shape index (κ3) is 3.91. The number of pyridine rings is 1. The fourth-order valence-electron chi connectivity index (χ4n) is 4.59. The summed E-state index contributed by atoms with van der Waals surface area (Å²) in [5, 5.41) is 3.86. The molecule has 2 heterocycles. The first kappa shape index (κ1) is 20.3. The highest BCUT2D eigenvalue weighted by Gasteiger charge is 2.41. The number of aromatic nitrogens is 1. The van der Waals surface area contributed by atoms with Gasteiger partial charge in [0.25, 0.3) is 0 Å². The number of fused-ring (bicyclic) bond motifs is 1. The Balaban J connectivity index is 2.04. The number of nitrogens with zero attached hydrogens (tertiary/aromatic N) is 3. The van der Waals surface area contributed by atoms with Crippen LogP contribution in [0.4, 0.5) is 5.69 Å². The van der Waals surface area contributed by atoms with Crippen molar-refractivity contribution in [2.24, 2.45) is 4.74 Å². The number of hydrogen-bond donors (Lipinski definition) is 0. The van der Waals surface area contributed by atoms with Gasteiger partial charge in [-0.2, -0.15) is 0 Å². The summed E-state index contributed by atoms with van der Waals surface area (Å²) in [5.74, 6) is 0. The lowest BCUT2D eigenvalue weighted by Gasteiger charge is -2.45. The fourth-order valence-corrected chi connectivity index (χ4v) is 8.98. The number of rotatable bonds is 3. The van der Waals surface area contributed by atoms with Gasteiger partial charge in [-0.25, -0.2) is 4.74 Å². The van der Waals surface area contributed by atoms with Gasteiger partial charge in [-0.3, -0.25) is 9.65 Å². The smallest absolute Gasteiger partial charge is 0.0721 e. The van der Waals surface area contributed by atoms with Gasteiger partial charge in [-0.15, -0.1) is 0 Å². The van der Waals surface area contributed by atoms with Gasteiger partial charge in [0.05, 0.1) is 12.9 Å². The molecule has 3 aromatic rings. The Bertz CT molecular complexity index is 1010. The Morgan fingerprint density at radius 1 is 0.828 bits per heavy atom. The van der Waals surface area contributed by atoms with Crippen molar-refractivity contribution in [1.29, 1.82) is 0 Å². The van der Waals surface area contributed by atoms with E-state index in [2.05, 4.69) is 85.0 Å². The molecule has 1 fully saturated rings. The van der Waals surface area contributed by atoms with E-state index in [9.17, 15) is 0 Å². The van der Waals surface area contributed by atoms with Crippen LogP contribution in [-0.2, 0) is 0 Å². The molecular weight excluding hydrogens is 373 g/mol. The van der Waals surface area contributed by atoms with Crippen LogP contribution >= 0.6 is 7.21 Å². The summed E-state index contributed by atoms with van der Waals surface area (Å²) in [7, 11) is -2.04. The average Bonchev–Trinajstić information content (AvgIpc) is 3.01. The van der Waals surface area contributed by atoms with E-state index in [1.165, 1.54) is 41.8 Å². The van der Waals surface area contributed by atoms with Crippen LogP contribution in [0.1, 0.15) is 46.5 Å². The van der Waals surface area contributed by atoms with Crippen LogP contribution in [0.2, 0.25) is 0 Å². The standard InChI is InChI=1S/C25H32N3P/c1-25(2,3)29(22-15-17-26-18-16-22,28-19-8-4-5-9-20-28)27-24-14-10-12-21-11-6-7-13-23(21)24/h6-7,10-18H,4-5,8-9,19-20H2,1-3H3/t29-/m0/s1. The molecule has 0 N–H and O–H groups in total. The minimum Gasteiger partial charge on any atom is -0.265 e. The van der Waals surface area contributed by atoms with E-state index in [-0.39, 0.29) is 5.16 Å². The molecule has 152 valence electrons. The zero-order valence-corrected chi connectivity index (χ0v) is 18.8. The maximum absolute atomic E-state index is 5.73. The third-order valence-electron chi connectivity index (χ3n) is 5.97. The minimum absolute atomic E-state index is 0.0235. The molecule has 0 bridgehead atoms. The zero-order chi connectivity index (χ0) is 20.3. The van der Waals surface area contributed by atoms with E-state index in [0.29, 0.717) is 0 Å². The van der Waals surface area contributed by atoms with Crippen molar-refractivity contribution in [3.63, 3.8) is 0 Å². The van der Waals surface area contributed by atoms with Crippen molar-refractivity contribution in [3.05, 3.63) is 67.0 Å². The zero-order valence-electron chi connectivity index (χ0n) is 17.9. The fraction of sp³-hybridized carbons (Fsp3) is 0.400. The Morgan fingerprint density at radius 2 is 1.48 bits per heavy atom. The molecule has 2 aromatic carbocycles. The normalized spacial score (nSPS) is 18.2. The van der Waals surface area contributed by atoms with Gasteiger partial charge >= 0.3 is 0 Å². The van der Waals surface area contributed by atoms with Gasteiger partial charge in [0.2, 0.25) is 0 Å². The number of benzene rings is 2.